The van der Waals surface area contributed by atoms with Crippen LogP contribution in [-0.4, -0.2) is 16.1 Å². The minimum absolute atomic E-state index is 0.0729. The molecule has 17 heavy (non-hydrogen) atoms. The molecule has 1 aromatic heterocycles. The van der Waals surface area contributed by atoms with Crippen LogP contribution in [0.1, 0.15) is 64.6 Å². The second-order valence-corrected chi connectivity index (χ2v) is 6.44. The number of aromatic nitrogens is 2. The molecular formula is C13H25N3S. The minimum atomic E-state index is 0.0729. The Hall–Kier alpha value is -0.480. The Bertz CT molecular complexity index is 341. The van der Waals surface area contributed by atoms with E-state index in [0.717, 1.165) is 12.2 Å². The minimum Gasteiger partial charge on any atom is -0.309 e. The van der Waals surface area contributed by atoms with Crippen LogP contribution in [0.3, 0.4) is 0 Å². The molecule has 0 aromatic carbocycles. The summed E-state index contributed by atoms with van der Waals surface area (Å²) in [5.74, 6) is 0.610. The molecule has 0 saturated carbocycles. The zero-order valence-electron chi connectivity index (χ0n) is 11.9. The van der Waals surface area contributed by atoms with E-state index in [0.29, 0.717) is 12.0 Å². The number of nitrogens with zero attached hydrogens (tertiary/aromatic N) is 2. The van der Waals surface area contributed by atoms with E-state index in [2.05, 4.69) is 56.4 Å². The molecule has 2 atom stereocenters. The molecule has 0 radical (unpaired) electrons. The van der Waals surface area contributed by atoms with Crippen molar-refractivity contribution >= 4 is 11.5 Å². The van der Waals surface area contributed by atoms with Gasteiger partial charge in [0.25, 0.3) is 0 Å². The Morgan fingerprint density at radius 1 is 1.29 bits per heavy atom. The maximum absolute atomic E-state index is 4.34. The van der Waals surface area contributed by atoms with E-state index in [1.165, 1.54) is 11.3 Å². The maximum Gasteiger partial charge on any atom is 0.0857 e. The SMILES string of the molecule is CCNC(c1snnc1C(C)(C)C)C(C)CC. The van der Waals surface area contributed by atoms with Gasteiger partial charge in [-0.05, 0) is 24.0 Å². The zero-order chi connectivity index (χ0) is 13.1. The summed E-state index contributed by atoms with van der Waals surface area (Å²) < 4.78 is 4.16. The molecule has 3 nitrogen and oxygen atoms in total. The third kappa shape index (κ3) is 3.49. The van der Waals surface area contributed by atoms with Gasteiger partial charge in [-0.2, -0.15) is 0 Å². The lowest BCUT2D eigenvalue weighted by atomic mass is 9.87. The molecule has 0 fully saturated rings. The van der Waals surface area contributed by atoms with Crippen LogP contribution in [0.2, 0.25) is 0 Å². The molecule has 0 saturated heterocycles. The molecule has 1 N–H and O–H groups in total. The van der Waals surface area contributed by atoms with Crippen molar-refractivity contribution in [2.45, 2.75) is 59.4 Å². The lowest BCUT2D eigenvalue weighted by molar-refractivity contribution is 0.381. The first-order valence-electron chi connectivity index (χ1n) is 6.47. The van der Waals surface area contributed by atoms with Crippen LogP contribution in [0.4, 0.5) is 0 Å². The first-order valence-corrected chi connectivity index (χ1v) is 7.25. The van der Waals surface area contributed by atoms with Crippen molar-refractivity contribution in [3.05, 3.63) is 10.6 Å². The normalized spacial score (nSPS) is 15.9. The number of hydrogen-bond acceptors (Lipinski definition) is 4. The van der Waals surface area contributed by atoms with Crippen LogP contribution in [0.15, 0.2) is 0 Å². The van der Waals surface area contributed by atoms with Gasteiger partial charge < -0.3 is 5.32 Å². The average Bonchev–Trinajstić information content (AvgIpc) is 2.73. The lowest BCUT2D eigenvalue weighted by Crippen LogP contribution is -2.28. The fourth-order valence-electron chi connectivity index (χ4n) is 1.93. The summed E-state index contributed by atoms with van der Waals surface area (Å²) in [6, 6.07) is 0.388. The summed E-state index contributed by atoms with van der Waals surface area (Å²) in [5, 5.41) is 7.91. The van der Waals surface area contributed by atoms with Gasteiger partial charge in [0.15, 0.2) is 0 Å². The van der Waals surface area contributed by atoms with Gasteiger partial charge in [0.05, 0.1) is 10.6 Å². The van der Waals surface area contributed by atoms with E-state index in [1.807, 2.05) is 0 Å². The fraction of sp³-hybridized carbons (Fsp3) is 0.846. The monoisotopic (exact) mass is 255 g/mol. The van der Waals surface area contributed by atoms with Gasteiger partial charge in [0.2, 0.25) is 0 Å². The highest BCUT2D eigenvalue weighted by Crippen LogP contribution is 2.34. The first-order chi connectivity index (χ1) is 7.91. The summed E-state index contributed by atoms with van der Waals surface area (Å²) in [6.07, 6.45) is 1.17. The molecular weight excluding hydrogens is 230 g/mol. The third-order valence-electron chi connectivity index (χ3n) is 3.14. The Morgan fingerprint density at radius 3 is 2.41 bits per heavy atom. The molecule has 0 bridgehead atoms. The van der Waals surface area contributed by atoms with Crippen molar-refractivity contribution in [1.82, 2.24) is 14.9 Å². The van der Waals surface area contributed by atoms with Crippen LogP contribution in [0, 0.1) is 5.92 Å². The zero-order valence-corrected chi connectivity index (χ0v) is 12.7. The topological polar surface area (TPSA) is 37.8 Å². The van der Waals surface area contributed by atoms with Crippen LogP contribution in [-0.2, 0) is 5.41 Å². The largest absolute Gasteiger partial charge is 0.309 e. The average molecular weight is 255 g/mol. The van der Waals surface area contributed by atoms with E-state index >= 15 is 0 Å². The summed E-state index contributed by atoms with van der Waals surface area (Å²) in [7, 11) is 0. The molecule has 0 aliphatic carbocycles. The van der Waals surface area contributed by atoms with Crippen molar-refractivity contribution in [3.63, 3.8) is 0 Å². The molecule has 0 amide bonds. The summed E-state index contributed by atoms with van der Waals surface area (Å²) in [6.45, 7) is 14.3. The second-order valence-electron chi connectivity index (χ2n) is 5.66. The highest BCUT2D eigenvalue weighted by molar-refractivity contribution is 7.05. The summed E-state index contributed by atoms with van der Waals surface area (Å²) >= 11 is 1.54. The van der Waals surface area contributed by atoms with Gasteiger partial charge >= 0.3 is 0 Å². The number of hydrogen-bond donors (Lipinski definition) is 1. The van der Waals surface area contributed by atoms with Crippen LogP contribution >= 0.6 is 11.5 Å². The Morgan fingerprint density at radius 2 is 1.94 bits per heavy atom. The highest BCUT2D eigenvalue weighted by atomic mass is 32.1. The predicted molar refractivity (Wildman–Crippen MR) is 74.5 cm³/mol. The Balaban J connectivity index is 3.06. The molecule has 4 heteroatoms. The van der Waals surface area contributed by atoms with Crippen molar-refractivity contribution in [1.29, 1.82) is 0 Å². The summed E-state index contributed by atoms with van der Waals surface area (Å²) in [4.78, 5) is 1.31. The molecule has 98 valence electrons. The van der Waals surface area contributed by atoms with Crippen LogP contribution in [0.25, 0.3) is 0 Å². The van der Waals surface area contributed by atoms with Crippen LogP contribution in [0.5, 0.6) is 0 Å². The van der Waals surface area contributed by atoms with Gasteiger partial charge in [0.1, 0.15) is 0 Å². The van der Waals surface area contributed by atoms with Crippen molar-refractivity contribution in [2.24, 2.45) is 5.92 Å². The van der Waals surface area contributed by atoms with Crippen molar-refractivity contribution in [3.8, 4) is 0 Å². The van der Waals surface area contributed by atoms with Gasteiger partial charge in [-0.3, -0.25) is 0 Å². The van der Waals surface area contributed by atoms with Gasteiger partial charge in [-0.1, -0.05) is 52.5 Å². The molecule has 0 aliphatic heterocycles. The predicted octanol–water partition coefficient (Wildman–Crippen LogP) is 3.53. The van der Waals surface area contributed by atoms with Crippen molar-refractivity contribution in [2.75, 3.05) is 6.54 Å². The van der Waals surface area contributed by atoms with E-state index in [-0.39, 0.29) is 5.41 Å². The number of rotatable bonds is 5. The fourth-order valence-corrected chi connectivity index (χ4v) is 3.00. The third-order valence-corrected chi connectivity index (χ3v) is 3.95. The molecule has 1 rings (SSSR count). The van der Waals surface area contributed by atoms with Gasteiger partial charge in [-0.25, -0.2) is 0 Å². The smallest absolute Gasteiger partial charge is 0.0857 e. The first kappa shape index (κ1) is 14.6. The van der Waals surface area contributed by atoms with Crippen LogP contribution < -0.4 is 5.32 Å². The number of nitrogens with one attached hydrogen (secondary N) is 1. The molecule has 1 aromatic rings. The highest BCUT2D eigenvalue weighted by Gasteiger charge is 2.29. The van der Waals surface area contributed by atoms with E-state index in [1.54, 1.807) is 11.5 Å². The molecule has 1 heterocycles. The molecule has 0 spiro atoms. The molecule has 0 aliphatic rings. The quantitative estimate of drug-likeness (QED) is 0.874. The van der Waals surface area contributed by atoms with Crippen molar-refractivity contribution < 1.29 is 0 Å². The standard InChI is InChI=1S/C13H25N3S/c1-7-9(3)10(14-8-2)11-12(13(4,5)6)15-16-17-11/h9-10,14H,7-8H2,1-6H3. The Kier molecular flexibility index (Phi) is 5.07. The van der Waals surface area contributed by atoms with E-state index < -0.39 is 0 Å². The molecule has 2 unspecified atom stereocenters. The lowest BCUT2D eigenvalue weighted by Gasteiger charge is -2.26. The summed E-state index contributed by atoms with van der Waals surface area (Å²) in [5.41, 5.74) is 1.22. The van der Waals surface area contributed by atoms with Gasteiger partial charge in [-0.15, -0.1) is 5.10 Å². The van der Waals surface area contributed by atoms with E-state index in [9.17, 15) is 0 Å². The van der Waals surface area contributed by atoms with E-state index in [4.69, 9.17) is 0 Å². The Labute approximate surface area is 109 Å². The second kappa shape index (κ2) is 5.91. The van der Waals surface area contributed by atoms with Gasteiger partial charge in [0, 0.05) is 11.5 Å². The maximum atomic E-state index is 4.34.